The summed E-state index contributed by atoms with van der Waals surface area (Å²) in [4.78, 5) is 24.7. The first-order valence-electron chi connectivity index (χ1n) is 11.7. The molecule has 1 fully saturated rings. The summed E-state index contributed by atoms with van der Waals surface area (Å²) in [6.07, 6.45) is 3.99. The van der Waals surface area contributed by atoms with Crippen molar-refractivity contribution in [1.29, 1.82) is 0 Å². The Morgan fingerprint density at radius 3 is 2.00 bits per heavy atom. The molecule has 0 bridgehead atoms. The third kappa shape index (κ3) is 4.82. The molecule has 0 aliphatic heterocycles. The van der Waals surface area contributed by atoms with Gasteiger partial charge in [-0.05, 0) is 60.4 Å². The average Bonchev–Trinajstić information content (AvgIpc) is 3.25. The third-order valence-corrected chi connectivity index (χ3v) is 6.97. The molecule has 5 nitrogen and oxygen atoms in total. The van der Waals surface area contributed by atoms with Crippen LogP contribution in [0, 0.1) is 0 Å². The summed E-state index contributed by atoms with van der Waals surface area (Å²) >= 11 is 0. The predicted molar refractivity (Wildman–Crippen MR) is 130 cm³/mol. The Labute approximate surface area is 191 Å². The van der Waals surface area contributed by atoms with Crippen molar-refractivity contribution in [2.24, 2.45) is 0 Å². The zero-order chi connectivity index (χ0) is 23.5. The van der Waals surface area contributed by atoms with Gasteiger partial charge in [0.1, 0.15) is 0 Å². The molecule has 1 aliphatic rings. The maximum atomic E-state index is 13.2. The number of carbonyl (C=O) groups excluding carboxylic acids is 1. The summed E-state index contributed by atoms with van der Waals surface area (Å²) in [6.45, 7) is 10.6. The van der Waals surface area contributed by atoms with Crippen LogP contribution in [0.25, 0.3) is 0 Å². The summed E-state index contributed by atoms with van der Waals surface area (Å²) in [5.41, 5.74) is 4.18. The van der Waals surface area contributed by atoms with E-state index >= 15 is 0 Å². The number of benzene rings is 2. The molecule has 0 saturated heterocycles. The highest BCUT2D eigenvalue weighted by Crippen LogP contribution is 2.44. The van der Waals surface area contributed by atoms with E-state index in [9.17, 15) is 14.7 Å². The van der Waals surface area contributed by atoms with Crippen LogP contribution in [-0.4, -0.2) is 23.1 Å². The highest BCUT2D eigenvalue weighted by molar-refractivity contribution is 5.92. The minimum Gasteiger partial charge on any atom is -0.478 e. The van der Waals surface area contributed by atoms with Crippen LogP contribution in [0.4, 0.5) is 10.5 Å². The number of anilines is 1. The minimum atomic E-state index is -0.926. The number of carboxylic acid groups (broad SMARTS) is 1. The predicted octanol–water partition coefficient (Wildman–Crippen LogP) is 6.65. The molecule has 1 atom stereocenters. The van der Waals surface area contributed by atoms with E-state index in [0.29, 0.717) is 11.8 Å². The second kappa shape index (κ2) is 9.76. The van der Waals surface area contributed by atoms with Gasteiger partial charge in [-0.25, -0.2) is 9.59 Å². The van der Waals surface area contributed by atoms with Gasteiger partial charge >= 0.3 is 12.0 Å². The lowest BCUT2D eigenvalue weighted by Gasteiger charge is -2.37. The highest BCUT2D eigenvalue weighted by atomic mass is 16.4. The lowest BCUT2D eigenvalue weighted by molar-refractivity contribution is 0.0696. The molecule has 5 heteroatoms. The smallest absolute Gasteiger partial charge is 0.335 e. The lowest BCUT2D eigenvalue weighted by atomic mass is 9.73. The fourth-order valence-electron chi connectivity index (χ4n) is 5.12. The molecule has 32 heavy (non-hydrogen) atoms. The summed E-state index contributed by atoms with van der Waals surface area (Å²) in [6, 6.07) is 13.1. The Bertz CT molecular complexity index is 948. The third-order valence-electron chi connectivity index (χ3n) is 6.97. The maximum absolute atomic E-state index is 13.2. The van der Waals surface area contributed by atoms with Gasteiger partial charge in [0.25, 0.3) is 0 Å². The molecule has 0 aromatic heterocycles. The minimum absolute atomic E-state index is 0.136. The van der Waals surface area contributed by atoms with Gasteiger partial charge in [0.05, 0.1) is 5.56 Å². The Kier molecular flexibility index (Phi) is 7.27. The van der Waals surface area contributed by atoms with Crippen molar-refractivity contribution in [2.75, 3.05) is 5.32 Å². The van der Waals surface area contributed by atoms with Crippen LogP contribution in [-0.2, 0) is 5.41 Å². The van der Waals surface area contributed by atoms with Gasteiger partial charge in [-0.15, -0.1) is 0 Å². The molecule has 0 heterocycles. The van der Waals surface area contributed by atoms with Crippen molar-refractivity contribution in [3.63, 3.8) is 0 Å². The number of aromatic carboxylic acids is 1. The van der Waals surface area contributed by atoms with Gasteiger partial charge in [0.2, 0.25) is 0 Å². The second-order valence-electron chi connectivity index (χ2n) is 9.69. The van der Waals surface area contributed by atoms with Crippen molar-refractivity contribution in [3.05, 3.63) is 64.7 Å². The van der Waals surface area contributed by atoms with Gasteiger partial charge in [0.15, 0.2) is 0 Å². The molecule has 3 rings (SSSR count). The number of urea groups is 1. The average molecular weight is 437 g/mol. The molecule has 0 radical (unpaired) electrons. The number of carbonyl (C=O) groups is 2. The van der Waals surface area contributed by atoms with E-state index in [2.05, 4.69) is 56.5 Å². The van der Waals surface area contributed by atoms with Gasteiger partial charge in [-0.1, -0.05) is 70.9 Å². The second-order valence-corrected chi connectivity index (χ2v) is 9.69. The van der Waals surface area contributed by atoms with Gasteiger partial charge < -0.3 is 15.7 Å². The fourth-order valence-corrected chi connectivity index (χ4v) is 5.12. The molecule has 2 amide bonds. The highest BCUT2D eigenvalue weighted by Gasteiger charge is 2.41. The van der Waals surface area contributed by atoms with E-state index in [1.54, 1.807) is 18.2 Å². The van der Waals surface area contributed by atoms with Crippen molar-refractivity contribution >= 4 is 17.7 Å². The molecular formula is C27H36N2O3. The molecular weight excluding hydrogens is 400 g/mol. The first kappa shape index (κ1) is 23.8. The number of hydrogen-bond donors (Lipinski definition) is 3. The van der Waals surface area contributed by atoms with Crippen molar-refractivity contribution < 1.29 is 14.7 Å². The summed E-state index contributed by atoms with van der Waals surface area (Å²) in [5.74, 6) is -0.340. The first-order chi connectivity index (χ1) is 15.2. The molecule has 172 valence electrons. The van der Waals surface area contributed by atoms with Crippen molar-refractivity contribution in [3.8, 4) is 0 Å². The topological polar surface area (TPSA) is 78.4 Å². The SMILES string of the molecule is CC(C)c1cccc(C(C)C)c1NC(=O)NC(C)C1(c2cccc(C(=O)O)c2)CCCC1. The van der Waals surface area contributed by atoms with Crippen LogP contribution < -0.4 is 10.6 Å². The Morgan fingerprint density at radius 2 is 1.47 bits per heavy atom. The Balaban J connectivity index is 1.86. The molecule has 1 unspecified atom stereocenters. The van der Waals surface area contributed by atoms with Crippen LogP contribution in [0.2, 0.25) is 0 Å². The van der Waals surface area contributed by atoms with Crippen LogP contribution in [0.15, 0.2) is 42.5 Å². The number of rotatable bonds is 7. The number of amides is 2. The standard InChI is InChI=1S/C27H36N2O3/c1-17(2)22-12-9-13-23(18(3)4)24(22)29-26(32)28-19(5)27(14-6-7-15-27)21-11-8-10-20(16-21)25(30)31/h8-13,16-19H,6-7,14-15H2,1-5H3,(H,30,31)(H2,28,29,32). The van der Waals surface area contributed by atoms with E-state index in [1.165, 1.54) is 0 Å². The summed E-state index contributed by atoms with van der Waals surface area (Å²) in [5, 5.41) is 15.8. The quantitative estimate of drug-likeness (QED) is 0.454. The fraction of sp³-hybridized carbons (Fsp3) is 0.481. The molecule has 1 aliphatic carbocycles. The molecule has 2 aromatic carbocycles. The first-order valence-corrected chi connectivity index (χ1v) is 11.7. The molecule has 1 saturated carbocycles. The van der Waals surface area contributed by atoms with Crippen molar-refractivity contribution in [1.82, 2.24) is 5.32 Å². The van der Waals surface area contributed by atoms with E-state index in [0.717, 1.165) is 48.1 Å². The van der Waals surface area contributed by atoms with Crippen LogP contribution >= 0.6 is 0 Å². The van der Waals surface area contributed by atoms with E-state index in [1.807, 2.05) is 13.0 Å². The van der Waals surface area contributed by atoms with Gasteiger partial charge in [0, 0.05) is 17.1 Å². The normalized spacial score (nSPS) is 16.2. The molecule has 3 N–H and O–H groups in total. The van der Waals surface area contributed by atoms with Crippen LogP contribution in [0.5, 0.6) is 0 Å². The monoisotopic (exact) mass is 436 g/mol. The number of carboxylic acids is 1. The molecule has 0 spiro atoms. The number of para-hydroxylation sites is 1. The summed E-state index contributed by atoms with van der Waals surface area (Å²) < 4.78 is 0. The summed E-state index contributed by atoms with van der Waals surface area (Å²) in [7, 11) is 0. The van der Waals surface area contributed by atoms with Gasteiger partial charge in [-0.3, -0.25) is 0 Å². The Morgan fingerprint density at radius 1 is 0.906 bits per heavy atom. The Hall–Kier alpha value is -2.82. The van der Waals surface area contributed by atoms with E-state index in [4.69, 9.17) is 0 Å². The largest absolute Gasteiger partial charge is 0.478 e. The van der Waals surface area contributed by atoms with Crippen LogP contribution in [0.1, 0.15) is 99.2 Å². The molecule has 2 aromatic rings. The van der Waals surface area contributed by atoms with Crippen molar-refractivity contribution in [2.45, 2.75) is 83.6 Å². The van der Waals surface area contributed by atoms with Gasteiger partial charge in [-0.2, -0.15) is 0 Å². The number of hydrogen-bond acceptors (Lipinski definition) is 2. The zero-order valence-corrected chi connectivity index (χ0v) is 19.9. The number of nitrogens with one attached hydrogen (secondary N) is 2. The van der Waals surface area contributed by atoms with E-state index in [-0.39, 0.29) is 23.1 Å². The lowest BCUT2D eigenvalue weighted by Crippen LogP contribution is -2.49. The van der Waals surface area contributed by atoms with E-state index < -0.39 is 5.97 Å². The maximum Gasteiger partial charge on any atom is 0.335 e. The van der Waals surface area contributed by atoms with Crippen LogP contribution in [0.3, 0.4) is 0 Å². The zero-order valence-electron chi connectivity index (χ0n) is 19.9.